The molecule has 0 fully saturated rings. The summed E-state index contributed by atoms with van der Waals surface area (Å²) in [6, 6.07) is 8.83. The van der Waals surface area contributed by atoms with Crippen LogP contribution in [0.25, 0.3) is 0 Å². The SMILES string of the molecule is COc1cc(N)cc(COc2cccc(F)c2F)c1. The van der Waals surface area contributed by atoms with Crippen molar-refractivity contribution in [2.45, 2.75) is 6.61 Å². The molecule has 0 aliphatic rings. The van der Waals surface area contributed by atoms with Gasteiger partial charge in [0.1, 0.15) is 12.4 Å². The number of halogens is 2. The second-order valence-corrected chi connectivity index (χ2v) is 3.96. The van der Waals surface area contributed by atoms with E-state index >= 15 is 0 Å². The van der Waals surface area contributed by atoms with E-state index in [4.69, 9.17) is 15.2 Å². The maximum atomic E-state index is 13.4. The molecule has 2 aromatic rings. The number of hydrogen-bond acceptors (Lipinski definition) is 3. The Morgan fingerprint density at radius 2 is 1.95 bits per heavy atom. The molecule has 0 saturated carbocycles. The normalized spacial score (nSPS) is 10.3. The van der Waals surface area contributed by atoms with Gasteiger partial charge in [0.2, 0.25) is 5.82 Å². The Kier molecular flexibility index (Phi) is 3.85. The maximum absolute atomic E-state index is 13.4. The molecule has 3 nitrogen and oxygen atoms in total. The van der Waals surface area contributed by atoms with Crippen molar-refractivity contribution in [3.8, 4) is 11.5 Å². The van der Waals surface area contributed by atoms with E-state index in [-0.39, 0.29) is 12.4 Å². The summed E-state index contributed by atoms with van der Waals surface area (Å²) in [4.78, 5) is 0. The second kappa shape index (κ2) is 5.56. The van der Waals surface area contributed by atoms with Gasteiger partial charge in [-0.2, -0.15) is 4.39 Å². The van der Waals surface area contributed by atoms with Crippen LogP contribution in [0.1, 0.15) is 5.56 Å². The van der Waals surface area contributed by atoms with E-state index in [9.17, 15) is 8.78 Å². The number of anilines is 1. The highest BCUT2D eigenvalue weighted by Gasteiger charge is 2.09. The zero-order valence-corrected chi connectivity index (χ0v) is 10.3. The summed E-state index contributed by atoms with van der Waals surface area (Å²) >= 11 is 0. The Labute approximate surface area is 109 Å². The fraction of sp³-hybridized carbons (Fsp3) is 0.143. The van der Waals surface area contributed by atoms with Crippen LogP contribution < -0.4 is 15.2 Å². The summed E-state index contributed by atoms with van der Waals surface area (Å²) < 4.78 is 36.7. The van der Waals surface area contributed by atoms with Crippen molar-refractivity contribution in [3.05, 3.63) is 53.6 Å². The molecule has 0 saturated heterocycles. The van der Waals surface area contributed by atoms with E-state index < -0.39 is 11.6 Å². The van der Waals surface area contributed by atoms with Crippen molar-refractivity contribution in [2.75, 3.05) is 12.8 Å². The molecule has 0 bridgehead atoms. The van der Waals surface area contributed by atoms with Crippen LogP contribution in [0.2, 0.25) is 0 Å². The molecule has 0 unspecified atom stereocenters. The Balaban J connectivity index is 2.14. The van der Waals surface area contributed by atoms with Crippen molar-refractivity contribution >= 4 is 5.69 Å². The first-order valence-electron chi connectivity index (χ1n) is 5.60. The topological polar surface area (TPSA) is 44.5 Å². The molecule has 2 rings (SSSR count). The number of nitrogens with two attached hydrogens (primary N) is 1. The van der Waals surface area contributed by atoms with Crippen LogP contribution in [0.4, 0.5) is 14.5 Å². The largest absolute Gasteiger partial charge is 0.497 e. The van der Waals surface area contributed by atoms with Crippen LogP contribution >= 0.6 is 0 Å². The summed E-state index contributed by atoms with van der Waals surface area (Å²) in [6.07, 6.45) is 0. The lowest BCUT2D eigenvalue weighted by Crippen LogP contribution is -2.00. The molecular formula is C14H13F2NO2. The number of ether oxygens (including phenoxy) is 2. The Morgan fingerprint density at radius 3 is 2.68 bits per heavy atom. The number of hydrogen-bond donors (Lipinski definition) is 1. The predicted molar refractivity (Wildman–Crippen MR) is 68.1 cm³/mol. The molecule has 0 heterocycles. The van der Waals surface area contributed by atoms with Crippen molar-refractivity contribution in [1.29, 1.82) is 0 Å². The zero-order valence-electron chi connectivity index (χ0n) is 10.3. The van der Waals surface area contributed by atoms with Gasteiger partial charge in [-0.05, 0) is 29.8 Å². The van der Waals surface area contributed by atoms with Crippen LogP contribution in [0.15, 0.2) is 36.4 Å². The molecule has 0 aliphatic carbocycles. The van der Waals surface area contributed by atoms with Crippen LogP contribution in [0.5, 0.6) is 11.5 Å². The number of rotatable bonds is 4. The van der Waals surface area contributed by atoms with E-state index in [2.05, 4.69) is 0 Å². The van der Waals surface area contributed by atoms with Crippen LogP contribution in [0.3, 0.4) is 0 Å². The standard InChI is InChI=1S/C14H13F2NO2/c1-18-11-6-9(5-10(17)7-11)8-19-13-4-2-3-12(15)14(13)16/h2-7H,8,17H2,1H3. The average Bonchev–Trinajstić information content (AvgIpc) is 2.40. The van der Waals surface area contributed by atoms with Crippen molar-refractivity contribution in [1.82, 2.24) is 0 Å². The molecule has 0 spiro atoms. The second-order valence-electron chi connectivity index (χ2n) is 3.96. The van der Waals surface area contributed by atoms with E-state index in [0.29, 0.717) is 17.0 Å². The van der Waals surface area contributed by atoms with Gasteiger partial charge in [0.25, 0.3) is 0 Å². The minimum absolute atomic E-state index is 0.0712. The molecule has 0 aromatic heterocycles. The molecule has 0 amide bonds. The van der Waals surface area contributed by atoms with Gasteiger partial charge < -0.3 is 15.2 Å². The third-order valence-corrected chi connectivity index (χ3v) is 2.53. The summed E-state index contributed by atoms with van der Waals surface area (Å²) in [6.45, 7) is 0.0712. The zero-order chi connectivity index (χ0) is 13.8. The van der Waals surface area contributed by atoms with Crippen molar-refractivity contribution < 1.29 is 18.3 Å². The quantitative estimate of drug-likeness (QED) is 0.864. The predicted octanol–water partition coefficient (Wildman–Crippen LogP) is 3.13. The Hall–Kier alpha value is -2.30. The van der Waals surface area contributed by atoms with Crippen LogP contribution in [-0.2, 0) is 6.61 Å². The van der Waals surface area contributed by atoms with Crippen molar-refractivity contribution in [2.24, 2.45) is 0 Å². The molecule has 0 aliphatic heterocycles. The average molecular weight is 265 g/mol. The molecule has 19 heavy (non-hydrogen) atoms. The highest BCUT2D eigenvalue weighted by molar-refractivity contribution is 5.47. The molecule has 2 N–H and O–H groups in total. The molecule has 100 valence electrons. The summed E-state index contributed by atoms with van der Waals surface area (Å²) in [5.74, 6) is -1.50. The summed E-state index contributed by atoms with van der Waals surface area (Å²) in [5.41, 5.74) is 6.91. The third-order valence-electron chi connectivity index (χ3n) is 2.53. The number of nitrogen functional groups attached to an aromatic ring is 1. The summed E-state index contributed by atoms with van der Waals surface area (Å²) in [5, 5.41) is 0. The Morgan fingerprint density at radius 1 is 1.16 bits per heavy atom. The first-order chi connectivity index (χ1) is 9.10. The lowest BCUT2D eigenvalue weighted by molar-refractivity contribution is 0.284. The van der Waals surface area contributed by atoms with Crippen molar-refractivity contribution in [3.63, 3.8) is 0 Å². The molecule has 0 radical (unpaired) electrons. The van der Waals surface area contributed by atoms with Gasteiger partial charge in [-0.25, -0.2) is 4.39 Å². The number of methoxy groups -OCH3 is 1. The van der Waals surface area contributed by atoms with Gasteiger partial charge in [0.05, 0.1) is 7.11 Å². The van der Waals surface area contributed by atoms with E-state index in [1.807, 2.05) is 0 Å². The minimum atomic E-state index is -1.00. The number of benzene rings is 2. The van der Waals surface area contributed by atoms with E-state index in [1.165, 1.54) is 19.2 Å². The molecule has 2 aromatic carbocycles. The first kappa shape index (κ1) is 13.1. The van der Waals surface area contributed by atoms with Gasteiger partial charge >= 0.3 is 0 Å². The van der Waals surface area contributed by atoms with Gasteiger partial charge in [0.15, 0.2) is 11.6 Å². The highest BCUT2D eigenvalue weighted by atomic mass is 19.2. The van der Waals surface area contributed by atoms with Crippen LogP contribution in [0, 0.1) is 11.6 Å². The van der Waals surface area contributed by atoms with E-state index in [1.54, 1.807) is 18.2 Å². The lowest BCUT2D eigenvalue weighted by atomic mass is 10.2. The minimum Gasteiger partial charge on any atom is -0.497 e. The smallest absolute Gasteiger partial charge is 0.200 e. The first-order valence-corrected chi connectivity index (χ1v) is 5.60. The van der Waals surface area contributed by atoms with Gasteiger partial charge in [-0.15, -0.1) is 0 Å². The van der Waals surface area contributed by atoms with E-state index in [0.717, 1.165) is 6.07 Å². The molecule has 5 heteroatoms. The fourth-order valence-corrected chi connectivity index (χ4v) is 1.64. The van der Waals surface area contributed by atoms with Gasteiger partial charge in [-0.1, -0.05) is 6.07 Å². The Bertz CT molecular complexity index is 588. The van der Waals surface area contributed by atoms with Gasteiger partial charge in [-0.3, -0.25) is 0 Å². The molecule has 0 atom stereocenters. The maximum Gasteiger partial charge on any atom is 0.200 e. The van der Waals surface area contributed by atoms with Gasteiger partial charge in [0, 0.05) is 11.8 Å². The fourth-order valence-electron chi connectivity index (χ4n) is 1.64. The highest BCUT2D eigenvalue weighted by Crippen LogP contribution is 2.23. The lowest BCUT2D eigenvalue weighted by Gasteiger charge is -2.09. The monoisotopic (exact) mass is 265 g/mol. The van der Waals surface area contributed by atoms with Crippen LogP contribution in [-0.4, -0.2) is 7.11 Å². The third kappa shape index (κ3) is 3.13. The molecular weight excluding hydrogens is 252 g/mol. The summed E-state index contributed by atoms with van der Waals surface area (Å²) in [7, 11) is 1.52.